The van der Waals surface area contributed by atoms with Gasteiger partial charge in [-0.3, -0.25) is 0 Å². The van der Waals surface area contributed by atoms with E-state index in [1.54, 1.807) is 27.4 Å². The molecule has 8 nitrogen and oxygen atoms in total. The van der Waals surface area contributed by atoms with E-state index in [1.165, 1.54) is 4.57 Å². The van der Waals surface area contributed by atoms with Gasteiger partial charge in [-0.15, -0.1) is 0 Å². The van der Waals surface area contributed by atoms with Crippen LogP contribution >= 0.6 is 0 Å². The number of aromatic hydroxyl groups is 1. The normalized spacial score (nSPS) is 17.3. The van der Waals surface area contributed by atoms with E-state index in [0.29, 0.717) is 12.8 Å². The lowest BCUT2D eigenvalue weighted by atomic mass is 10.0. The maximum Gasteiger partial charge on any atom is 0.422 e. The molecule has 2 aromatic carbocycles. The van der Waals surface area contributed by atoms with Crippen LogP contribution in [0.2, 0.25) is 0 Å². The van der Waals surface area contributed by atoms with Crippen LogP contribution in [0.1, 0.15) is 24.2 Å². The third-order valence-corrected chi connectivity index (χ3v) is 7.21. The van der Waals surface area contributed by atoms with Crippen LogP contribution in [0.15, 0.2) is 111 Å². The lowest BCUT2D eigenvalue weighted by Gasteiger charge is -2.30. The second-order valence-electron chi connectivity index (χ2n) is 9.69. The van der Waals surface area contributed by atoms with Crippen LogP contribution in [0.4, 0.5) is 5.69 Å². The topological polar surface area (TPSA) is 86.3 Å². The molecule has 0 saturated heterocycles. The van der Waals surface area contributed by atoms with E-state index in [0.717, 1.165) is 46.1 Å². The molecule has 212 valence electrons. The van der Waals surface area contributed by atoms with Gasteiger partial charge in [-0.25, -0.2) is 9.36 Å². The summed E-state index contributed by atoms with van der Waals surface area (Å²) in [5.74, 6) is 0.877. The molecule has 2 aliphatic rings. The minimum Gasteiger partial charge on any atom is -0.497 e. The summed E-state index contributed by atoms with van der Waals surface area (Å²) in [5, 5.41) is 10.8. The predicted molar refractivity (Wildman–Crippen MR) is 159 cm³/mol. The Morgan fingerprint density at radius 1 is 1.00 bits per heavy atom. The van der Waals surface area contributed by atoms with Crippen LogP contribution in [0, 0.1) is 0 Å². The zero-order valence-corrected chi connectivity index (χ0v) is 23.4. The molecule has 0 spiro atoms. The zero-order chi connectivity index (χ0) is 28.8. The minimum atomic E-state index is -0.601. The number of rotatable bonds is 10. The predicted octanol–water partition coefficient (Wildman–Crippen LogP) is 6.00. The Morgan fingerprint density at radius 2 is 1.78 bits per heavy atom. The fourth-order valence-corrected chi connectivity index (χ4v) is 4.95. The van der Waals surface area contributed by atoms with Crippen LogP contribution in [-0.4, -0.2) is 37.1 Å². The molecule has 1 aromatic heterocycles. The Bertz CT molecular complexity index is 1590. The fraction of sp³-hybridized carbons (Fsp3) is 0.242. The Morgan fingerprint density at radius 3 is 2.44 bits per heavy atom. The number of methoxy groups -OCH3 is 3. The zero-order valence-electron chi connectivity index (χ0n) is 23.4. The molecule has 5 rings (SSSR count). The first-order chi connectivity index (χ1) is 20.0. The number of para-hydroxylation sites is 1. The molecule has 41 heavy (non-hydrogen) atoms. The molecule has 1 atom stereocenters. The van der Waals surface area contributed by atoms with Gasteiger partial charge in [-0.05, 0) is 79.0 Å². The number of nitrogens with zero attached hydrogens (tertiary/aromatic N) is 2. The number of allylic oxidation sites excluding steroid dienone is 5. The molecule has 1 heterocycles. The fourth-order valence-electron chi connectivity index (χ4n) is 4.95. The summed E-state index contributed by atoms with van der Waals surface area (Å²) in [6.45, 7) is 0.265. The Hall–Kier alpha value is -4.69. The van der Waals surface area contributed by atoms with E-state index in [2.05, 4.69) is 29.2 Å². The quantitative estimate of drug-likeness (QED) is 0.329. The van der Waals surface area contributed by atoms with Gasteiger partial charge in [0.25, 0.3) is 0 Å². The lowest BCUT2D eigenvalue weighted by Crippen LogP contribution is -2.23. The highest BCUT2D eigenvalue weighted by atomic mass is 16.5. The van der Waals surface area contributed by atoms with Crippen LogP contribution in [0.3, 0.4) is 0 Å². The smallest absolute Gasteiger partial charge is 0.422 e. The third-order valence-electron chi connectivity index (χ3n) is 7.21. The number of hydrogen-bond acceptors (Lipinski definition) is 7. The second-order valence-corrected chi connectivity index (χ2v) is 9.69. The summed E-state index contributed by atoms with van der Waals surface area (Å²) >= 11 is 0. The summed E-state index contributed by atoms with van der Waals surface area (Å²) in [6.07, 6.45) is 16.1. The standard InChI is InChI=1S/C33H34N2O6/c1-38-28-16-12-26(13-17-28)35(27-14-18-29(39-2)19-15-27)25-10-8-23(9-11-25)22-31-32(36)34(33(37)41-31)21-20-24-6-4-5-7-30(24)40-3/h4-8,10-18,22,29,36H,9,19-21H2,1-3H3. The van der Waals surface area contributed by atoms with Crippen LogP contribution in [-0.2, 0) is 17.7 Å². The first-order valence-corrected chi connectivity index (χ1v) is 13.5. The van der Waals surface area contributed by atoms with Gasteiger partial charge in [-0.1, -0.05) is 42.5 Å². The SMILES string of the molecule is COc1ccc(N(C2=CCC(=Cc3oc(=O)n(CCc4ccccc4OC)c3O)C=C2)C2=CCC(OC)C=C2)cc1. The molecule has 2 aliphatic carbocycles. The molecular formula is C33H34N2O6. The Labute approximate surface area is 239 Å². The van der Waals surface area contributed by atoms with Crippen molar-refractivity contribution in [3.8, 4) is 17.4 Å². The maximum atomic E-state index is 12.6. The van der Waals surface area contributed by atoms with E-state index in [1.807, 2.05) is 60.7 Å². The summed E-state index contributed by atoms with van der Waals surface area (Å²) < 4.78 is 22.9. The van der Waals surface area contributed by atoms with Crippen LogP contribution in [0.25, 0.3) is 6.08 Å². The Balaban J connectivity index is 1.35. The molecule has 8 heteroatoms. The van der Waals surface area contributed by atoms with E-state index >= 15 is 0 Å². The van der Waals surface area contributed by atoms with E-state index in [-0.39, 0.29) is 24.3 Å². The number of benzene rings is 2. The molecular weight excluding hydrogens is 520 g/mol. The average Bonchev–Trinajstić information content (AvgIpc) is 3.28. The van der Waals surface area contributed by atoms with Crippen molar-refractivity contribution in [1.82, 2.24) is 4.57 Å². The average molecular weight is 555 g/mol. The van der Waals surface area contributed by atoms with Gasteiger partial charge in [0.2, 0.25) is 5.88 Å². The van der Waals surface area contributed by atoms with E-state index in [9.17, 15) is 9.90 Å². The van der Waals surface area contributed by atoms with Crippen molar-refractivity contribution in [2.45, 2.75) is 31.9 Å². The van der Waals surface area contributed by atoms with Crippen LogP contribution in [0.5, 0.6) is 17.4 Å². The first-order valence-electron chi connectivity index (χ1n) is 13.5. The van der Waals surface area contributed by atoms with Gasteiger partial charge >= 0.3 is 5.76 Å². The maximum absolute atomic E-state index is 12.6. The third kappa shape index (κ3) is 6.23. The molecule has 0 fully saturated rings. The number of hydrogen-bond donors (Lipinski definition) is 1. The van der Waals surface area contributed by atoms with Gasteiger partial charge in [0, 0.05) is 30.7 Å². The van der Waals surface area contributed by atoms with Gasteiger partial charge in [0.15, 0.2) is 5.76 Å². The van der Waals surface area contributed by atoms with Crippen molar-refractivity contribution in [2.24, 2.45) is 0 Å². The minimum absolute atomic E-state index is 0.0613. The number of aryl methyl sites for hydroxylation is 1. The molecule has 0 bridgehead atoms. The molecule has 0 aliphatic heterocycles. The molecule has 0 saturated carbocycles. The Kier molecular flexibility index (Phi) is 8.60. The van der Waals surface area contributed by atoms with Crippen molar-refractivity contribution < 1.29 is 23.7 Å². The van der Waals surface area contributed by atoms with Gasteiger partial charge in [0.05, 0.1) is 20.3 Å². The summed E-state index contributed by atoms with van der Waals surface area (Å²) in [5.41, 5.74) is 4.88. The van der Waals surface area contributed by atoms with Gasteiger partial charge < -0.3 is 28.6 Å². The highest BCUT2D eigenvalue weighted by molar-refractivity contribution is 5.66. The summed E-state index contributed by atoms with van der Waals surface area (Å²) in [7, 11) is 4.97. The number of aromatic nitrogens is 1. The molecule has 3 aromatic rings. The van der Waals surface area contributed by atoms with Crippen molar-refractivity contribution in [3.05, 3.63) is 124 Å². The summed E-state index contributed by atoms with van der Waals surface area (Å²) in [6, 6.07) is 15.5. The molecule has 0 radical (unpaired) electrons. The second kappa shape index (κ2) is 12.7. The van der Waals surface area contributed by atoms with E-state index in [4.69, 9.17) is 18.6 Å². The summed E-state index contributed by atoms with van der Waals surface area (Å²) in [4.78, 5) is 14.7. The van der Waals surface area contributed by atoms with Crippen molar-refractivity contribution in [2.75, 3.05) is 26.2 Å². The van der Waals surface area contributed by atoms with Crippen molar-refractivity contribution >= 4 is 11.8 Å². The largest absolute Gasteiger partial charge is 0.497 e. The van der Waals surface area contributed by atoms with Gasteiger partial charge in [-0.2, -0.15) is 0 Å². The first kappa shape index (κ1) is 27.9. The van der Waals surface area contributed by atoms with Crippen molar-refractivity contribution in [1.29, 1.82) is 0 Å². The molecule has 0 amide bonds. The van der Waals surface area contributed by atoms with Crippen LogP contribution < -0.4 is 20.1 Å². The van der Waals surface area contributed by atoms with Crippen molar-refractivity contribution in [3.63, 3.8) is 0 Å². The number of anilines is 1. The monoisotopic (exact) mass is 554 g/mol. The van der Waals surface area contributed by atoms with Gasteiger partial charge in [0.1, 0.15) is 11.5 Å². The molecule has 1 N–H and O–H groups in total. The van der Waals surface area contributed by atoms with E-state index < -0.39 is 5.76 Å². The number of oxazole rings is 1. The lowest BCUT2D eigenvalue weighted by molar-refractivity contribution is 0.142. The highest BCUT2D eigenvalue weighted by Crippen LogP contribution is 2.33. The highest BCUT2D eigenvalue weighted by Gasteiger charge is 2.20. The molecule has 1 unspecified atom stereocenters. The number of ether oxygens (including phenoxy) is 3.